The minimum Gasteiger partial charge on any atom is -0.394 e. The van der Waals surface area contributed by atoms with Crippen molar-refractivity contribution in [3.05, 3.63) is 33.1 Å². The first-order chi connectivity index (χ1) is 11.8. The Morgan fingerprint density at radius 2 is 2.04 bits per heavy atom. The number of aromatic amines is 1. The zero-order valence-corrected chi connectivity index (χ0v) is 15.7. The molecular formula is C15H25FN3O5P. The van der Waals surface area contributed by atoms with Crippen molar-refractivity contribution in [3.8, 4) is 0 Å². The summed E-state index contributed by atoms with van der Waals surface area (Å²) in [5.41, 5.74) is -1.35. The van der Waals surface area contributed by atoms with Gasteiger partial charge in [-0.05, 0) is 27.7 Å². The van der Waals surface area contributed by atoms with E-state index in [1.165, 1.54) is 6.20 Å². The van der Waals surface area contributed by atoms with Crippen molar-refractivity contribution in [1.82, 2.24) is 14.2 Å². The second kappa shape index (κ2) is 8.51. The number of hydrogen-bond donors (Lipinski definition) is 2. The summed E-state index contributed by atoms with van der Waals surface area (Å²) in [5, 5.41) is 9.49. The van der Waals surface area contributed by atoms with Crippen molar-refractivity contribution in [2.45, 2.75) is 64.4 Å². The van der Waals surface area contributed by atoms with Crippen LogP contribution in [0.5, 0.6) is 0 Å². The van der Waals surface area contributed by atoms with Crippen molar-refractivity contribution in [3.63, 3.8) is 0 Å². The Morgan fingerprint density at radius 1 is 1.40 bits per heavy atom. The first-order valence-electron chi connectivity index (χ1n) is 8.17. The van der Waals surface area contributed by atoms with Gasteiger partial charge < -0.3 is 14.4 Å². The quantitative estimate of drug-likeness (QED) is 0.682. The lowest BCUT2D eigenvalue weighted by atomic mass is 10.1. The minimum absolute atomic E-state index is 0.107. The van der Waals surface area contributed by atoms with Crippen LogP contribution in [0.15, 0.2) is 21.9 Å². The third kappa shape index (κ3) is 4.54. The van der Waals surface area contributed by atoms with Crippen LogP contribution < -0.4 is 11.2 Å². The molecule has 1 aromatic heterocycles. The monoisotopic (exact) mass is 377 g/mol. The number of rotatable bonds is 7. The molecule has 0 aliphatic carbocycles. The van der Waals surface area contributed by atoms with Gasteiger partial charge in [0.05, 0.1) is 15.6 Å². The van der Waals surface area contributed by atoms with Crippen molar-refractivity contribution >= 4 is 8.96 Å². The highest BCUT2D eigenvalue weighted by Gasteiger charge is 2.47. The molecule has 1 saturated heterocycles. The molecule has 0 radical (unpaired) electrons. The molecule has 0 spiro atoms. The molecule has 2 N–H and O–H groups in total. The predicted molar refractivity (Wildman–Crippen MR) is 92.5 cm³/mol. The summed E-state index contributed by atoms with van der Waals surface area (Å²) in [6.45, 7) is 7.62. The molecule has 2 heterocycles. The highest BCUT2D eigenvalue weighted by molar-refractivity contribution is 7.29. The molecule has 0 amide bonds. The van der Waals surface area contributed by atoms with Gasteiger partial charge in [-0.25, -0.2) is 9.18 Å². The Balaban J connectivity index is 2.16. The average molecular weight is 377 g/mol. The molecule has 0 saturated carbocycles. The van der Waals surface area contributed by atoms with Crippen LogP contribution in [-0.4, -0.2) is 56.4 Å². The van der Waals surface area contributed by atoms with Gasteiger partial charge in [0.15, 0.2) is 12.4 Å². The maximum absolute atomic E-state index is 14.9. The molecular weight excluding hydrogens is 352 g/mol. The lowest BCUT2D eigenvalue weighted by Gasteiger charge is -2.31. The molecule has 10 heteroatoms. The van der Waals surface area contributed by atoms with Crippen LogP contribution in [0.2, 0.25) is 0 Å². The second-order valence-corrected chi connectivity index (χ2v) is 7.41. The maximum atomic E-state index is 14.9. The number of aliphatic hydroxyl groups is 1. The van der Waals surface area contributed by atoms with Gasteiger partial charge in [0.2, 0.25) is 0 Å². The summed E-state index contributed by atoms with van der Waals surface area (Å²) in [4.78, 5) is 25.1. The summed E-state index contributed by atoms with van der Waals surface area (Å²) in [6, 6.07) is 1.54. The van der Waals surface area contributed by atoms with E-state index in [9.17, 15) is 19.1 Å². The fraction of sp³-hybridized carbons (Fsp3) is 0.733. The smallest absolute Gasteiger partial charge is 0.330 e. The second-order valence-electron chi connectivity index (χ2n) is 6.48. The third-order valence-corrected chi connectivity index (χ3v) is 5.60. The summed E-state index contributed by atoms with van der Waals surface area (Å²) in [7, 11) is -0.107. The highest BCUT2D eigenvalue weighted by Crippen LogP contribution is 2.38. The van der Waals surface area contributed by atoms with E-state index in [0.717, 1.165) is 10.6 Å². The zero-order chi connectivity index (χ0) is 18.7. The molecule has 0 bridgehead atoms. The number of hydrogen-bond acceptors (Lipinski definition) is 6. The molecule has 1 aromatic rings. The van der Waals surface area contributed by atoms with Gasteiger partial charge in [-0.1, -0.05) is 0 Å². The molecule has 5 atom stereocenters. The van der Waals surface area contributed by atoms with Gasteiger partial charge in [-0.3, -0.25) is 19.0 Å². The van der Waals surface area contributed by atoms with E-state index >= 15 is 0 Å². The van der Waals surface area contributed by atoms with Gasteiger partial charge in [-0.2, -0.15) is 0 Å². The van der Waals surface area contributed by atoms with Crippen LogP contribution >= 0.6 is 8.96 Å². The van der Waals surface area contributed by atoms with Crippen molar-refractivity contribution in [2.24, 2.45) is 0 Å². The summed E-state index contributed by atoms with van der Waals surface area (Å²) < 4.78 is 29.1. The van der Waals surface area contributed by atoms with Gasteiger partial charge >= 0.3 is 5.69 Å². The first kappa shape index (κ1) is 20.2. The van der Waals surface area contributed by atoms with E-state index in [0.29, 0.717) is 0 Å². The lowest BCUT2D eigenvalue weighted by molar-refractivity contribution is -0.0465. The van der Waals surface area contributed by atoms with Gasteiger partial charge in [-0.15, -0.1) is 0 Å². The van der Waals surface area contributed by atoms with Crippen LogP contribution in [0.3, 0.4) is 0 Å². The average Bonchev–Trinajstić information content (AvgIpc) is 2.83. The largest absolute Gasteiger partial charge is 0.394 e. The van der Waals surface area contributed by atoms with E-state index in [1.807, 2.05) is 27.7 Å². The Morgan fingerprint density at radius 3 is 2.56 bits per heavy atom. The summed E-state index contributed by atoms with van der Waals surface area (Å²) in [6.07, 6.45) is -3.65. The van der Waals surface area contributed by atoms with Gasteiger partial charge in [0.1, 0.15) is 12.2 Å². The normalized spacial score (nSPS) is 27.4. The van der Waals surface area contributed by atoms with E-state index in [1.54, 1.807) is 0 Å². The van der Waals surface area contributed by atoms with Crippen LogP contribution in [0.25, 0.3) is 0 Å². The number of nitrogens with one attached hydrogen (secondary N) is 1. The van der Waals surface area contributed by atoms with Crippen LogP contribution in [0.1, 0.15) is 33.9 Å². The Hall–Kier alpha value is -1.12. The fourth-order valence-corrected chi connectivity index (χ4v) is 3.71. The molecule has 1 fully saturated rings. The number of aromatic nitrogens is 2. The third-order valence-electron chi connectivity index (χ3n) is 3.98. The van der Waals surface area contributed by atoms with Crippen molar-refractivity contribution < 1.29 is 18.8 Å². The highest BCUT2D eigenvalue weighted by atomic mass is 31.1. The van der Waals surface area contributed by atoms with E-state index < -0.39 is 42.5 Å². The number of H-pyrrole nitrogens is 1. The molecule has 0 aromatic carbocycles. The molecule has 1 aliphatic rings. The summed E-state index contributed by atoms with van der Waals surface area (Å²) in [5.74, 6) is 0. The maximum Gasteiger partial charge on any atom is 0.330 e. The molecule has 8 nitrogen and oxygen atoms in total. The molecule has 5 unspecified atom stereocenters. The Kier molecular flexibility index (Phi) is 6.87. The van der Waals surface area contributed by atoms with Crippen molar-refractivity contribution in [1.29, 1.82) is 0 Å². The number of ether oxygens (including phenoxy) is 1. The number of aliphatic hydroxyl groups excluding tert-OH is 1. The SMILES string of the molecule is CC(C)N(POC1C(CO)OC(n2ccc(=O)[nH]c2=O)C1F)C(C)C. The first-order valence-corrected chi connectivity index (χ1v) is 9.03. The zero-order valence-electron chi connectivity index (χ0n) is 14.7. The Bertz CT molecular complexity index is 672. The molecule has 1 aliphatic heterocycles. The molecule has 142 valence electrons. The topological polar surface area (TPSA) is 96.8 Å². The van der Waals surface area contributed by atoms with E-state index in [-0.39, 0.29) is 21.0 Å². The van der Waals surface area contributed by atoms with Gasteiger partial charge in [0, 0.05) is 24.3 Å². The van der Waals surface area contributed by atoms with Gasteiger partial charge in [0.25, 0.3) is 5.56 Å². The standard InChI is InChI=1S/C15H25FN3O5P/c1-8(2)19(9(3)4)25-24-13-10(7-20)23-14(12(13)16)18-6-5-11(21)17-15(18)22/h5-6,8-10,12-14,20,25H,7H2,1-4H3,(H,17,21,22). The molecule has 25 heavy (non-hydrogen) atoms. The summed E-state index contributed by atoms with van der Waals surface area (Å²) >= 11 is 0. The lowest BCUT2D eigenvalue weighted by Crippen LogP contribution is -2.37. The number of nitrogens with zero attached hydrogens (tertiary/aromatic N) is 2. The predicted octanol–water partition coefficient (Wildman–Crippen LogP) is 0.777. The van der Waals surface area contributed by atoms with E-state index in [2.05, 4.69) is 9.65 Å². The van der Waals surface area contributed by atoms with Crippen molar-refractivity contribution in [2.75, 3.05) is 6.61 Å². The Labute approximate surface area is 146 Å². The van der Waals surface area contributed by atoms with E-state index in [4.69, 9.17) is 9.26 Å². The fourth-order valence-electron chi connectivity index (χ4n) is 2.76. The number of halogens is 1. The minimum atomic E-state index is -1.66. The molecule has 2 rings (SSSR count). The van der Waals surface area contributed by atoms with Crippen LogP contribution in [0.4, 0.5) is 4.39 Å². The van der Waals surface area contributed by atoms with Crippen LogP contribution in [-0.2, 0) is 9.26 Å². The number of alkyl halides is 1. The van der Waals surface area contributed by atoms with Crippen LogP contribution in [0, 0.1) is 0 Å².